The van der Waals surface area contributed by atoms with Crippen molar-refractivity contribution >= 4 is 16.9 Å². The predicted molar refractivity (Wildman–Crippen MR) is 79.6 cm³/mol. The number of fused-ring (bicyclic) bond motifs is 3. The fraction of sp³-hybridized carbons (Fsp3) is 0.250. The van der Waals surface area contributed by atoms with E-state index in [-0.39, 0.29) is 6.04 Å². The first-order chi connectivity index (χ1) is 9.92. The van der Waals surface area contributed by atoms with E-state index in [9.17, 15) is 0 Å². The van der Waals surface area contributed by atoms with Crippen LogP contribution < -0.4 is 5.32 Å². The van der Waals surface area contributed by atoms with Crippen LogP contribution in [0.5, 0.6) is 0 Å². The van der Waals surface area contributed by atoms with E-state index in [1.54, 1.807) is 12.4 Å². The Morgan fingerprint density at radius 2 is 1.95 bits per heavy atom. The van der Waals surface area contributed by atoms with Crippen LogP contribution in [0.4, 0.5) is 5.95 Å². The van der Waals surface area contributed by atoms with Crippen LogP contribution in [-0.4, -0.2) is 15.0 Å². The van der Waals surface area contributed by atoms with Crippen LogP contribution >= 0.6 is 0 Å². The van der Waals surface area contributed by atoms with Crippen LogP contribution in [-0.2, 0) is 6.42 Å². The molecule has 100 valence electrons. The fourth-order valence-electron chi connectivity index (χ4n) is 3.09. The van der Waals surface area contributed by atoms with Crippen molar-refractivity contribution in [2.24, 2.45) is 0 Å². The molecule has 4 rings (SSSR count). The number of para-hydroxylation sites is 1. The van der Waals surface area contributed by atoms with Gasteiger partial charge in [-0.3, -0.25) is 0 Å². The quantitative estimate of drug-likeness (QED) is 0.745. The van der Waals surface area contributed by atoms with Crippen LogP contribution in [0.1, 0.15) is 30.1 Å². The molecule has 0 aliphatic heterocycles. The molecule has 0 saturated carbocycles. The number of hydrogen-bond acceptors (Lipinski definition) is 3. The number of aromatic amines is 1. The smallest absolute Gasteiger partial charge is 0.223 e. The Morgan fingerprint density at radius 1 is 1.10 bits per heavy atom. The molecule has 1 aliphatic rings. The molecule has 2 heterocycles. The molecule has 20 heavy (non-hydrogen) atoms. The van der Waals surface area contributed by atoms with Crippen molar-refractivity contribution in [3.05, 3.63) is 54.0 Å². The van der Waals surface area contributed by atoms with E-state index in [4.69, 9.17) is 0 Å². The molecule has 0 spiro atoms. The van der Waals surface area contributed by atoms with Gasteiger partial charge in [-0.2, -0.15) is 0 Å². The lowest BCUT2D eigenvalue weighted by Crippen LogP contribution is -2.18. The van der Waals surface area contributed by atoms with Gasteiger partial charge < -0.3 is 10.3 Å². The normalized spacial score (nSPS) is 17.9. The van der Waals surface area contributed by atoms with Gasteiger partial charge in [0.2, 0.25) is 5.95 Å². The van der Waals surface area contributed by atoms with Gasteiger partial charge in [-0.25, -0.2) is 9.97 Å². The summed E-state index contributed by atoms with van der Waals surface area (Å²) in [6.45, 7) is 0. The van der Waals surface area contributed by atoms with Gasteiger partial charge >= 0.3 is 0 Å². The molecule has 0 fully saturated rings. The molecule has 3 aromatic rings. The molecule has 0 radical (unpaired) electrons. The van der Waals surface area contributed by atoms with Crippen molar-refractivity contribution in [1.82, 2.24) is 15.0 Å². The van der Waals surface area contributed by atoms with Crippen molar-refractivity contribution in [3.8, 4) is 0 Å². The second-order valence-corrected chi connectivity index (χ2v) is 5.22. The number of aryl methyl sites for hydroxylation is 1. The van der Waals surface area contributed by atoms with Gasteiger partial charge in [0.25, 0.3) is 0 Å². The van der Waals surface area contributed by atoms with Gasteiger partial charge in [0.1, 0.15) is 0 Å². The maximum Gasteiger partial charge on any atom is 0.223 e. The highest BCUT2D eigenvalue weighted by molar-refractivity contribution is 5.85. The maximum atomic E-state index is 4.26. The summed E-state index contributed by atoms with van der Waals surface area (Å²) in [7, 11) is 0. The van der Waals surface area contributed by atoms with Crippen LogP contribution in [0.2, 0.25) is 0 Å². The Balaban J connectivity index is 1.75. The minimum absolute atomic E-state index is 0.272. The number of H-pyrrole nitrogens is 1. The number of nitrogens with one attached hydrogen (secondary N) is 2. The molecular formula is C16H16N4. The topological polar surface area (TPSA) is 53.6 Å². The summed E-state index contributed by atoms with van der Waals surface area (Å²) in [5.74, 6) is 0.698. The zero-order valence-corrected chi connectivity index (χ0v) is 11.1. The summed E-state index contributed by atoms with van der Waals surface area (Å²) in [6, 6.07) is 10.6. The third-order valence-electron chi connectivity index (χ3n) is 3.98. The molecule has 4 nitrogen and oxygen atoms in total. The van der Waals surface area contributed by atoms with E-state index in [1.165, 1.54) is 28.6 Å². The van der Waals surface area contributed by atoms with E-state index >= 15 is 0 Å². The van der Waals surface area contributed by atoms with Crippen molar-refractivity contribution in [2.45, 2.75) is 25.3 Å². The lowest BCUT2D eigenvalue weighted by atomic mass is 9.92. The second kappa shape index (κ2) is 4.63. The molecule has 1 aliphatic carbocycles. The highest BCUT2D eigenvalue weighted by Crippen LogP contribution is 2.35. The van der Waals surface area contributed by atoms with Gasteiger partial charge in [0.15, 0.2) is 0 Å². The molecule has 0 amide bonds. The average Bonchev–Trinajstić information content (AvgIpc) is 2.88. The van der Waals surface area contributed by atoms with Gasteiger partial charge in [-0.1, -0.05) is 18.2 Å². The SMILES string of the molecule is c1cnc(NC2CCCc3c2[nH]c2ccccc32)nc1. The van der Waals surface area contributed by atoms with E-state index in [2.05, 4.69) is 44.5 Å². The Morgan fingerprint density at radius 3 is 2.85 bits per heavy atom. The summed E-state index contributed by atoms with van der Waals surface area (Å²) in [6.07, 6.45) is 6.99. The van der Waals surface area contributed by atoms with Crippen LogP contribution in [0.25, 0.3) is 10.9 Å². The highest BCUT2D eigenvalue weighted by Gasteiger charge is 2.24. The summed E-state index contributed by atoms with van der Waals surface area (Å²) in [5, 5.41) is 4.79. The van der Waals surface area contributed by atoms with Gasteiger partial charge in [0.05, 0.1) is 6.04 Å². The predicted octanol–water partition coefficient (Wildman–Crippen LogP) is 3.45. The Labute approximate surface area is 117 Å². The van der Waals surface area contributed by atoms with E-state index < -0.39 is 0 Å². The molecule has 2 aromatic heterocycles. The Hall–Kier alpha value is -2.36. The van der Waals surface area contributed by atoms with Gasteiger partial charge in [-0.05, 0) is 37.0 Å². The summed E-state index contributed by atoms with van der Waals surface area (Å²) >= 11 is 0. The highest BCUT2D eigenvalue weighted by atomic mass is 15.1. The molecule has 4 heteroatoms. The number of rotatable bonds is 2. The van der Waals surface area contributed by atoms with Crippen molar-refractivity contribution in [1.29, 1.82) is 0 Å². The molecule has 2 N–H and O–H groups in total. The molecule has 1 atom stereocenters. The average molecular weight is 264 g/mol. The first-order valence-corrected chi connectivity index (χ1v) is 7.05. The largest absolute Gasteiger partial charge is 0.356 e. The molecular weight excluding hydrogens is 248 g/mol. The molecule has 1 unspecified atom stereocenters. The van der Waals surface area contributed by atoms with Crippen LogP contribution in [0.3, 0.4) is 0 Å². The molecule has 1 aromatic carbocycles. The first-order valence-electron chi connectivity index (χ1n) is 7.05. The number of nitrogens with zero attached hydrogens (tertiary/aromatic N) is 2. The van der Waals surface area contributed by atoms with Gasteiger partial charge in [0, 0.05) is 29.0 Å². The first kappa shape index (κ1) is 11.5. The van der Waals surface area contributed by atoms with E-state index in [0.29, 0.717) is 5.95 Å². The summed E-state index contributed by atoms with van der Waals surface area (Å²) in [4.78, 5) is 12.1. The summed E-state index contributed by atoms with van der Waals surface area (Å²) < 4.78 is 0. The van der Waals surface area contributed by atoms with Crippen molar-refractivity contribution in [2.75, 3.05) is 5.32 Å². The number of hydrogen-bond donors (Lipinski definition) is 2. The van der Waals surface area contributed by atoms with Crippen molar-refractivity contribution < 1.29 is 0 Å². The lowest BCUT2D eigenvalue weighted by molar-refractivity contribution is 0.589. The maximum absolute atomic E-state index is 4.26. The second-order valence-electron chi connectivity index (χ2n) is 5.22. The number of anilines is 1. The zero-order chi connectivity index (χ0) is 13.4. The standard InChI is InChI=1S/C16H16N4/c1-2-7-13-11(5-1)12-6-3-8-14(15(12)19-13)20-16-17-9-4-10-18-16/h1-2,4-5,7,9-10,14,19H,3,6,8H2,(H,17,18,20). The third-order valence-corrected chi connectivity index (χ3v) is 3.98. The molecule has 0 saturated heterocycles. The fourth-order valence-corrected chi connectivity index (χ4v) is 3.09. The Kier molecular flexibility index (Phi) is 2.66. The Bertz CT molecular complexity index is 733. The number of aromatic nitrogens is 3. The summed E-state index contributed by atoms with van der Waals surface area (Å²) in [5.41, 5.74) is 3.96. The van der Waals surface area contributed by atoms with Crippen LogP contribution in [0.15, 0.2) is 42.7 Å². The zero-order valence-electron chi connectivity index (χ0n) is 11.1. The van der Waals surface area contributed by atoms with E-state index in [1.807, 2.05) is 6.07 Å². The third kappa shape index (κ3) is 1.84. The van der Waals surface area contributed by atoms with Crippen molar-refractivity contribution in [3.63, 3.8) is 0 Å². The van der Waals surface area contributed by atoms with Gasteiger partial charge in [-0.15, -0.1) is 0 Å². The van der Waals surface area contributed by atoms with Crippen LogP contribution in [0, 0.1) is 0 Å². The monoisotopic (exact) mass is 264 g/mol. The minimum Gasteiger partial charge on any atom is -0.356 e. The lowest BCUT2D eigenvalue weighted by Gasteiger charge is -2.23. The molecule has 0 bridgehead atoms. The number of benzene rings is 1. The van der Waals surface area contributed by atoms with E-state index in [0.717, 1.165) is 12.8 Å². The minimum atomic E-state index is 0.272.